The molecule has 0 saturated heterocycles. The fourth-order valence-electron chi connectivity index (χ4n) is 1.97. The predicted octanol–water partition coefficient (Wildman–Crippen LogP) is 2.38. The number of nitrogens with zero attached hydrogens (tertiary/aromatic N) is 1. The summed E-state index contributed by atoms with van der Waals surface area (Å²) in [5.74, 6) is -0.0938. The number of aliphatic hydroxyl groups is 1. The lowest BCUT2D eigenvalue weighted by molar-refractivity contribution is 0.0940. The molecule has 20 heavy (non-hydrogen) atoms. The summed E-state index contributed by atoms with van der Waals surface area (Å²) in [6.45, 7) is 1.97. The minimum Gasteiger partial charge on any atom is -0.395 e. The van der Waals surface area contributed by atoms with Gasteiger partial charge in [0.1, 0.15) is 4.88 Å². The molecule has 1 amide bonds. The Morgan fingerprint density at radius 2 is 2.20 bits per heavy atom. The maximum atomic E-state index is 12.4. The molecule has 0 radical (unpaired) electrons. The van der Waals surface area contributed by atoms with E-state index in [4.69, 9.17) is 0 Å². The Bertz CT molecular complexity index is 547. The van der Waals surface area contributed by atoms with Gasteiger partial charge in [-0.3, -0.25) is 4.79 Å². The third-order valence-corrected chi connectivity index (χ3v) is 5.20. The number of amides is 1. The molecular weight excluding hydrogens is 292 g/mol. The number of thioether (sulfide) groups is 1. The van der Waals surface area contributed by atoms with Gasteiger partial charge in [0.05, 0.1) is 12.3 Å². The van der Waals surface area contributed by atoms with Gasteiger partial charge in [-0.05, 0) is 36.8 Å². The average molecular weight is 310 g/mol. The first-order valence-corrected chi connectivity index (χ1v) is 8.49. The van der Waals surface area contributed by atoms with Crippen molar-refractivity contribution >= 4 is 29.0 Å². The molecule has 0 aliphatic rings. The van der Waals surface area contributed by atoms with Crippen LogP contribution < -0.4 is 5.32 Å². The molecule has 2 aromatic heterocycles. The van der Waals surface area contributed by atoms with Gasteiger partial charge in [-0.1, -0.05) is 0 Å². The molecule has 2 aromatic rings. The minimum atomic E-state index is -0.0938. The van der Waals surface area contributed by atoms with Crippen LogP contribution in [0.15, 0.2) is 36.0 Å². The number of rotatable bonds is 6. The van der Waals surface area contributed by atoms with Crippen LogP contribution in [0.3, 0.4) is 0 Å². The van der Waals surface area contributed by atoms with E-state index >= 15 is 0 Å². The molecule has 0 spiro atoms. The summed E-state index contributed by atoms with van der Waals surface area (Å²) in [6, 6.07) is 5.71. The van der Waals surface area contributed by atoms with Crippen molar-refractivity contribution in [2.24, 2.45) is 0 Å². The van der Waals surface area contributed by atoms with Crippen molar-refractivity contribution in [1.82, 2.24) is 9.88 Å². The van der Waals surface area contributed by atoms with Gasteiger partial charge in [-0.2, -0.15) is 11.8 Å². The largest absolute Gasteiger partial charge is 0.395 e. The fourth-order valence-corrected chi connectivity index (χ4v) is 3.39. The fraction of sp³-hybridized carbons (Fsp3) is 0.357. The molecule has 108 valence electrons. The van der Waals surface area contributed by atoms with E-state index in [1.54, 1.807) is 11.8 Å². The molecule has 0 fully saturated rings. The molecule has 0 aliphatic carbocycles. The second kappa shape index (κ2) is 6.97. The third-order valence-electron chi connectivity index (χ3n) is 3.13. The quantitative estimate of drug-likeness (QED) is 0.861. The van der Waals surface area contributed by atoms with Crippen molar-refractivity contribution in [3.8, 4) is 5.69 Å². The highest BCUT2D eigenvalue weighted by Crippen LogP contribution is 2.22. The van der Waals surface area contributed by atoms with Gasteiger partial charge in [0.15, 0.2) is 0 Å². The maximum absolute atomic E-state index is 12.4. The first-order chi connectivity index (χ1) is 9.67. The Hall–Kier alpha value is -1.24. The lowest BCUT2D eigenvalue weighted by Crippen LogP contribution is -2.41. The lowest BCUT2D eigenvalue weighted by atomic mass is 10.2. The number of thiophene rings is 1. The second-order valence-electron chi connectivity index (χ2n) is 4.44. The molecule has 0 aliphatic heterocycles. The van der Waals surface area contributed by atoms with E-state index < -0.39 is 0 Å². The summed E-state index contributed by atoms with van der Waals surface area (Å²) < 4.78 is 1.92. The van der Waals surface area contributed by atoms with E-state index in [-0.39, 0.29) is 23.8 Å². The molecule has 0 bridgehead atoms. The molecular formula is C14H18N2O2S2. The number of aliphatic hydroxyl groups excluding tert-OH is 1. The summed E-state index contributed by atoms with van der Waals surface area (Å²) in [4.78, 5) is 13.0. The number of carbonyl (C=O) groups excluding carboxylic acids is 1. The number of aromatic nitrogens is 1. The molecule has 2 atom stereocenters. The van der Waals surface area contributed by atoms with Crippen molar-refractivity contribution in [2.75, 3.05) is 12.9 Å². The summed E-state index contributed by atoms with van der Waals surface area (Å²) in [5, 5.41) is 14.2. The van der Waals surface area contributed by atoms with Crippen LogP contribution in [0.2, 0.25) is 0 Å². The van der Waals surface area contributed by atoms with Crippen molar-refractivity contribution in [3.05, 3.63) is 40.8 Å². The topological polar surface area (TPSA) is 54.3 Å². The van der Waals surface area contributed by atoms with Crippen LogP contribution in [0, 0.1) is 0 Å². The maximum Gasteiger partial charge on any atom is 0.263 e. The number of nitrogens with one attached hydrogen (secondary N) is 1. The predicted molar refractivity (Wildman–Crippen MR) is 85.0 cm³/mol. The minimum absolute atomic E-state index is 0.00828. The average Bonchev–Trinajstić information content (AvgIpc) is 3.10. The summed E-state index contributed by atoms with van der Waals surface area (Å²) in [5.41, 5.74) is 0.884. The van der Waals surface area contributed by atoms with Gasteiger partial charge in [-0.25, -0.2) is 0 Å². The number of carbonyl (C=O) groups is 1. The van der Waals surface area contributed by atoms with Crippen molar-refractivity contribution < 1.29 is 9.90 Å². The molecule has 2 rings (SSSR count). The van der Waals surface area contributed by atoms with Gasteiger partial charge in [0, 0.05) is 23.7 Å². The van der Waals surface area contributed by atoms with Gasteiger partial charge in [0.2, 0.25) is 0 Å². The second-order valence-corrected chi connectivity index (χ2v) is 6.44. The summed E-state index contributed by atoms with van der Waals surface area (Å²) >= 11 is 2.98. The van der Waals surface area contributed by atoms with E-state index in [1.165, 1.54) is 11.3 Å². The Balaban J connectivity index is 2.13. The zero-order valence-corrected chi connectivity index (χ0v) is 13.1. The van der Waals surface area contributed by atoms with Crippen molar-refractivity contribution in [3.63, 3.8) is 0 Å². The molecule has 0 aromatic carbocycles. The first kappa shape index (κ1) is 15.2. The van der Waals surface area contributed by atoms with Gasteiger partial charge in [-0.15, -0.1) is 11.3 Å². The zero-order valence-electron chi connectivity index (χ0n) is 11.4. The highest BCUT2D eigenvalue weighted by molar-refractivity contribution is 7.99. The summed E-state index contributed by atoms with van der Waals surface area (Å²) in [6.07, 6.45) is 5.77. The standard InChI is InChI=1S/C14H18N2O2S2/c1-10(12(9-17)19-2)15-14(18)13-11(5-8-20-13)16-6-3-4-7-16/h3-8,10,12,17H,9H2,1-2H3,(H,15,18). The zero-order chi connectivity index (χ0) is 14.5. The van der Waals surface area contributed by atoms with Crippen LogP contribution in [0.4, 0.5) is 0 Å². The normalized spacial score (nSPS) is 13.9. The lowest BCUT2D eigenvalue weighted by Gasteiger charge is -2.21. The Kier molecular flexibility index (Phi) is 5.28. The van der Waals surface area contributed by atoms with E-state index in [0.29, 0.717) is 4.88 Å². The first-order valence-electron chi connectivity index (χ1n) is 6.32. The van der Waals surface area contributed by atoms with Gasteiger partial charge >= 0.3 is 0 Å². The van der Waals surface area contributed by atoms with Gasteiger partial charge in [0.25, 0.3) is 5.91 Å². The van der Waals surface area contributed by atoms with E-state index in [1.807, 2.05) is 53.7 Å². The highest BCUT2D eigenvalue weighted by Gasteiger charge is 2.20. The van der Waals surface area contributed by atoms with Crippen LogP contribution in [-0.4, -0.2) is 39.7 Å². The number of hydrogen-bond donors (Lipinski definition) is 2. The highest BCUT2D eigenvalue weighted by atomic mass is 32.2. The Morgan fingerprint density at radius 1 is 1.50 bits per heavy atom. The van der Waals surface area contributed by atoms with Crippen LogP contribution >= 0.6 is 23.1 Å². The Morgan fingerprint density at radius 3 is 2.80 bits per heavy atom. The SMILES string of the molecule is CSC(CO)C(C)NC(=O)c1sccc1-n1cccc1. The molecule has 0 saturated carbocycles. The van der Waals surface area contributed by atoms with Crippen molar-refractivity contribution in [1.29, 1.82) is 0 Å². The van der Waals surface area contributed by atoms with Crippen LogP contribution in [0.25, 0.3) is 5.69 Å². The molecule has 2 N–H and O–H groups in total. The van der Waals surface area contributed by atoms with E-state index in [2.05, 4.69) is 5.32 Å². The van der Waals surface area contributed by atoms with E-state index in [0.717, 1.165) is 5.69 Å². The molecule has 2 heterocycles. The smallest absolute Gasteiger partial charge is 0.263 e. The van der Waals surface area contributed by atoms with Crippen LogP contribution in [0.5, 0.6) is 0 Å². The van der Waals surface area contributed by atoms with Gasteiger partial charge < -0.3 is 15.0 Å². The number of hydrogen-bond acceptors (Lipinski definition) is 4. The van der Waals surface area contributed by atoms with Crippen LogP contribution in [-0.2, 0) is 0 Å². The molecule has 2 unspecified atom stereocenters. The van der Waals surface area contributed by atoms with Crippen LogP contribution in [0.1, 0.15) is 16.6 Å². The molecule has 6 heteroatoms. The Labute approximate surface area is 126 Å². The summed E-state index contributed by atoms with van der Waals surface area (Å²) in [7, 11) is 0. The monoisotopic (exact) mass is 310 g/mol. The van der Waals surface area contributed by atoms with E-state index in [9.17, 15) is 9.90 Å². The van der Waals surface area contributed by atoms with Crippen molar-refractivity contribution in [2.45, 2.75) is 18.2 Å². The third kappa shape index (κ3) is 3.26. The molecule has 4 nitrogen and oxygen atoms in total.